The molecule has 1 unspecified atom stereocenters. The van der Waals surface area contributed by atoms with E-state index in [4.69, 9.17) is 4.74 Å². The Hall–Kier alpha value is -1.08. The summed E-state index contributed by atoms with van der Waals surface area (Å²) in [5.41, 5.74) is -0.806. The lowest BCUT2D eigenvalue weighted by Gasteiger charge is -2.32. The number of carbonyl (C=O) groups is 1. The van der Waals surface area contributed by atoms with Crippen LogP contribution in [0.15, 0.2) is 0 Å². The maximum atomic E-state index is 12.4. The quantitative estimate of drug-likeness (QED) is 0.816. The highest BCUT2D eigenvalue weighted by Gasteiger charge is 2.40. The lowest BCUT2D eigenvalue weighted by atomic mass is 9.74. The largest absolute Gasteiger partial charge is 0.383 e. The van der Waals surface area contributed by atoms with Crippen LogP contribution in [-0.2, 0) is 9.53 Å². The van der Waals surface area contributed by atoms with Crippen molar-refractivity contribution in [2.75, 3.05) is 13.7 Å². The van der Waals surface area contributed by atoms with Gasteiger partial charge in [0.15, 0.2) is 0 Å². The van der Waals surface area contributed by atoms with Crippen molar-refractivity contribution in [2.45, 2.75) is 52.0 Å². The zero-order valence-corrected chi connectivity index (χ0v) is 11.7. The van der Waals surface area contributed by atoms with Crippen LogP contribution < -0.4 is 5.32 Å². The van der Waals surface area contributed by atoms with Crippen LogP contribution >= 0.6 is 0 Å². The first-order chi connectivity index (χ1) is 8.55. The Morgan fingerprint density at radius 1 is 1.39 bits per heavy atom. The molecule has 1 aliphatic carbocycles. The molecule has 18 heavy (non-hydrogen) atoms. The number of rotatable bonds is 5. The second kappa shape index (κ2) is 6.75. The van der Waals surface area contributed by atoms with Crippen LogP contribution in [0.2, 0.25) is 0 Å². The highest BCUT2D eigenvalue weighted by molar-refractivity contribution is 5.85. The van der Waals surface area contributed by atoms with Crippen LogP contribution in [0.4, 0.5) is 0 Å². The van der Waals surface area contributed by atoms with E-state index in [1.54, 1.807) is 7.11 Å². The van der Waals surface area contributed by atoms with Crippen molar-refractivity contribution in [3.05, 3.63) is 0 Å². The molecule has 1 saturated carbocycles. The van der Waals surface area contributed by atoms with Gasteiger partial charge < -0.3 is 10.1 Å². The van der Waals surface area contributed by atoms with Crippen LogP contribution in [0.25, 0.3) is 0 Å². The number of nitrogens with one attached hydrogen (secondary N) is 1. The molecule has 1 aliphatic rings. The summed E-state index contributed by atoms with van der Waals surface area (Å²) in [5, 5.41) is 12.3. The van der Waals surface area contributed by atoms with Gasteiger partial charge in [-0.25, -0.2) is 0 Å². The van der Waals surface area contributed by atoms with Crippen molar-refractivity contribution in [2.24, 2.45) is 11.3 Å². The molecule has 0 aromatic heterocycles. The van der Waals surface area contributed by atoms with E-state index in [2.05, 4.69) is 11.4 Å². The van der Waals surface area contributed by atoms with Crippen molar-refractivity contribution in [1.82, 2.24) is 5.32 Å². The number of hydrogen-bond donors (Lipinski definition) is 1. The molecule has 0 saturated heterocycles. The molecule has 0 aliphatic heterocycles. The zero-order chi connectivity index (χ0) is 13.6. The highest BCUT2D eigenvalue weighted by Crippen LogP contribution is 2.36. The predicted molar refractivity (Wildman–Crippen MR) is 69.8 cm³/mol. The Balaban J connectivity index is 2.69. The van der Waals surface area contributed by atoms with Gasteiger partial charge in [0.05, 0.1) is 18.7 Å². The van der Waals surface area contributed by atoms with E-state index in [1.807, 2.05) is 13.8 Å². The van der Waals surface area contributed by atoms with E-state index in [0.717, 1.165) is 19.3 Å². The van der Waals surface area contributed by atoms with Crippen LogP contribution in [0, 0.1) is 22.7 Å². The van der Waals surface area contributed by atoms with E-state index in [-0.39, 0.29) is 11.9 Å². The minimum Gasteiger partial charge on any atom is -0.383 e. The van der Waals surface area contributed by atoms with Crippen molar-refractivity contribution in [1.29, 1.82) is 5.26 Å². The third-order valence-corrected chi connectivity index (χ3v) is 3.82. The minimum absolute atomic E-state index is 0.0188. The smallest absolute Gasteiger partial charge is 0.240 e. The summed E-state index contributed by atoms with van der Waals surface area (Å²) in [7, 11) is 1.63. The van der Waals surface area contributed by atoms with Gasteiger partial charge in [0.2, 0.25) is 5.91 Å². The molecule has 1 fully saturated rings. The first kappa shape index (κ1) is 15.0. The Morgan fingerprint density at radius 2 is 2.00 bits per heavy atom. The first-order valence-electron chi connectivity index (χ1n) is 6.77. The maximum absolute atomic E-state index is 12.4. The number of amides is 1. The Labute approximate surface area is 110 Å². The van der Waals surface area contributed by atoms with Crippen molar-refractivity contribution >= 4 is 5.91 Å². The monoisotopic (exact) mass is 252 g/mol. The first-order valence-corrected chi connectivity index (χ1v) is 6.77. The number of methoxy groups -OCH3 is 1. The summed E-state index contributed by atoms with van der Waals surface area (Å²) < 4.78 is 5.12. The topological polar surface area (TPSA) is 62.1 Å². The van der Waals surface area contributed by atoms with E-state index in [1.165, 1.54) is 0 Å². The summed E-state index contributed by atoms with van der Waals surface area (Å²) >= 11 is 0. The fraction of sp³-hybridized carbons (Fsp3) is 0.857. The van der Waals surface area contributed by atoms with Gasteiger partial charge in [0, 0.05) is 7.11 Å². The predicted octanol–water partition coefficient (Wildman–Crippen LogP) is 2.25. The van der Waals surface area contributed by atoms with Gasteiger partial charge in [-0.3, -0.25) is 4.79 Å². The van der Waals surface area contributed by atoms with Crippen molar-refractivity contribution in [3.8, 4) is 6.07 Å². The third kappa shape index (κ3) is 3.46. The second-order valence-corrected chi connectivity index (χ2v) is 5.53. The highest BCUT2D eigenvalue weighted by atomic mass is 16.5. The Morgan fingerprint density at radius 3 is 2.44 bits per heavy atom. The summed E-state index contributed by atoms with van der Waals surface area (Å²) in [6, 6.07) is 2.23. The molecule has 4 heteroatoms. The number of hydrogen-bond acceptors (Lipinski definition) is 3. The molecule has 4 nitrogen and oxygen atoms in total. The van der Waals surface area contributed by atoms with Gasteiger partial charge >= 0.3 is 0 Å². The Kier molecular flexibility index (Phi) is 5.61. The summed E-state index contributed by atoms with van der Waals surface area (Å²) in [4.78, 5) is 12.4. The molecule has 0 heterocycles. The van der Waals surface area contributed by atoms with Crippen molar-refractivity contribution < 1.29 is 9.53 Å². The molecule has 0 spiro atoms. The SMILES string of the molecule is COCC(NC(=O)C1(C#N)CCCCC1)C(C)C. The average molecular weight is 252 g/mol. The van der Waals surface area contributed by atoms with Crippen LogP contribution in [0.1, 0.15) is 46.0 Å². The van der Waals surface area contributed by atoms with Crippen LogP contribution in [-0.4, -0.2) is 25.7 Å². The molecule has 0 radical (unpaired) electrons. The average Bonchev–Trinajstić information content (AvgIpc) is 2.38. The normalized spacial score (nSPS) is 20.2. The van der Waals surface area contributed by atoms with Crippen LogP contribution in [0.5, 0.6) is 0 Å². The Bertz CT molecular complexity index is 314. The summed E-state index contributed by atoms with van der Waals surface area (Å²) in [6.45, 7) is 4.58. The fourth-order valence-electron chi connectivity index (χ4n) is 2.43. The molecule has 1 N–H and O–H groups in total. The van der Waals surface area contributed by atoms with Gasteiger partial charge in [0.1, 0.15) is 5.41 Å². The molecule has 1 rings (SSSR count). The molecule has 102 valence electrons. The van der Waals surface area contributed by atoms with Gasteiger partial charge in [-0.1, -0.05) is 33.1 Å². The molecule has 0 bridgehead atoms. The molecule has 1 amide bonds. The van der Waals surface area contributed by atoms with E-state index in [9.17, 15) is 10.1 Å². The zero-order valence-electron chi connectivity index (χ0n) is 11.7. The van der Waals surface area contributed by atoms with Gasteiger partial charge in [0.25, 0.3) is 0 Å². The molecule has 0 aromatic rings. The third-order valence-electron chi connectivity index (χ3n) is 3.82. The van der Waals surface area contributed by atoms with Gasteiger partial charge in [-0.15, -0.1) is 0 Å². The minimum atomic E-state index is -0.806. The van der Waals surface area contributed by atoms with Crippen LogP contribution in [0.3, 0.4) is 0 Å². The fourth-order valence-corrected chi connectivity index (χ4v) is 2.43. The number of carbonyl (C=O) groups excluding carboxylic acids is 1. The molecule has 0 aromatic carbocycles. The van der Waals surface area contributed by atoms with Gasteiger partial charge in [-0.05, 0) is 18.8 Å². The van der Waals surface area contributed by atoms with Gasteiger partial charge in [-0.2, -0.15) is 5.26 Å². The van der Waals surface area contributed by atoms with E-state index < -0.39 is 5.41 Å². The number of nitrogens with zero attached hydrogens (tertiary/aromatic N) is 1. The lowest BCUT2D eigenvalue weighted by Crippen LogP contribution is -2.49. The lowest BCUT2D eigenvalue weighted by molar-refractivity contribution is -0.131. The second-order valence-electron chi connectivity index (χ2n) is 5.53. The van der Waals surface area contributed by atoms with E-state index >= 15 is 0 Å². The molecular formula is C14H24N2O2. The summed E-state index contributed by atoms with van der Waals surface area (Å²) in [5.74, 6) is 0.189. The molecule has 1 atom stereocenters. The molecular weight excluding hydrogens is 228 g/mol. The standard InChI is InChI=1S/C14H24N2O2/c1-11(2)12(9-18-3)16-13(17)14(10-15)7-5-4-6-8-14/h11-12H,4-9H2,1-3H3,(H,16,17). The van der Waals surface area contributed by atoms with Crippen molar-refractivity contribution in [3.63, 3.8) is 0 Å². The van der Waals surface area contributed by atoms with E-state index in [0.29, 0.717) is 25.4 Å². The maximum Gasteiger partial charge on any atom is 0.240 e. The number of ether oxygens (including phenoxy) is 1. The number of nitriles is 1. The summed E-state index contributed by atoms with van der Waals surface area (Å²) in [6.07, 6.45) is 4.44.